The molecule has 126 valence electrons. The van der Waals surface area contributed by atoms with Gasteiger partial charge in [-0.2, -0.15) is 9.61 Å². The van der Waals surface area contributed by atoms with Gasteiger partial charge >= 0.3 is 0 Å². The average Bonchev–Trinajstić information content (AvgIpc) is 3.07. The summed E-state index contributed by atoms with van der Waals surface area (Å²) in [5.41, 5.74) is 2.84. The van der Waals surface area contributed by atoms with E-state index in [1.54, 1.807) is 4.52 Å². The van der Waals surface area contributed by atoms with Crippen molar-refractivity contribution in [1.82, 2.24) is 19.8 Å². The van der Waals surface area contributed by atoms with Crippen LogP contribution in [0.3, 0.4) is 0 Å². The van der Waals surface area contributed by atoms with Crippen LogP contribution in [0.15, 0.2) is 48.7 Å². The lowest BCUT2D eigenvalue weighted by Gasteiger charge is -2.12. The molecule has 25 heavy (non-hydrogen) atoms. The Morgan fingerprint density at radius 3 is 2.52 bits per heavy atom. The van der Waals surface area contributed by atoms with Gasteiger partial charge in [0.15, 0.2) is 11.5 Å². The van der Waals surface area contributed by atoms with Gasteiger partial charge in [0.2, 0.25) is 0 Å². The van der Waals surface area contributed by atoms with E-state index >= 15 is 0 Å². The molecular formula is C19H19N5O. The van der Waals surface area contributed by atoms with E-state index in [-0.39, 0.29) is 0 Å². The minimum absolute atomic E-state index is 0.612. The Hall–Kier alpha value is -3.15. The quantitative estimate of drug-likeness (QED) is 0.573. The molecule has 4 aromatic rings. The summed E-state index contributed by atoms with van der Waals surface area (Å²) in [6.45, 7) is 2.58. The van der Waals surface area contributed by atoms with E-state index in [9.17, 15) is 0 Å². The van der Waals surface area contributed by atoms with Crippen molar-refractivity contribution in [2.75, 3.05) is 25.6 Å². The first-order valence-electron chi connectivity index (χ1n) is 8.22. The van der Waals surface area contributed by atoms with Crippen LogP contribution in [0.4, 0.5) is 5.69 Å². The van der Waals surface area contributed by atoms with E-state index in [4.69, 9.17) is 4.74 Å². The van der Waals surface area contributed by atoms with Gasteiger partial charge in [0.05, 0.1) is 12.8 Å². The topological polar surface area (TPSA) is 55.6 Å². The average molecular weight is 333 g/mol. The minimum Gasteiger partial charge on any atom is -0.493 e. The molecule has 2 aromatic carbocycles. The monoisotopic (exact) mass is 333 g/mol. The number of nitrogens with zero attached hydrogens (tertiary/aromatic N) is 5. The van der Waals surface area contributed by atoms with Gasteiger partial charge in [-0.05, 0) is 37.3 Å². The summed E-state index contributed by atoms with van der Waals surface area (Å²) in [5, 5.41) is 15.2. The third-order valence-corrected chi connectivity index (χ3v) is 4.19. The van der Waals surface area contributed by atoms with Crippen LogP contribution in [0, 0.1) is 0 Å². The number of anilines is 1. The SMILES string of the molecule is CCOc1cccc2c1cnn1c(-c3ccc(N(C)C)cc3)nnc21. The maximum Gasteiger partial charge on any atom is 0.186 e. The third kappa shape index (κ3) is 2.55. The highest BCUT2D eigenvalue weighted by molar-refractivity contribution is 5.97. The summed E-state index contributed by atoms with van der Waals surface area (Å²) in [5.74, 6) is 1.54. The maximum atomic E-state index is 5.69. The molecule has 0 atom stereocenters. The molecule has 4 rings (SSSR count). The number of aromatic nitrogens is 4. The van der Waals surface area contributed by atoms with E-state index in [0.717, 1.165) is 39.2 Å². The zero-order valence-corrected chi connectivity index (χ0v) is 14.5. The lowest BCUT2D eigenvalue weighted by molar-refractivity contribution is 0.344. The summed E-state index contributed by atoms with van der Waals surface area (Å²) < 4.78 is 7.47. The standard InChI is InChI=1S/C19H19N5O/c1-4-25-17-7-5-6-15-16(17)12-20-24-18(21-22-19(15)24)13-8-10-14(11-9-13)23(2)3/h5-12H,4H2,1-3H3. The predicted octanol–water partition coefficient (Wildman–Crippen LogP) is 3.41. The highest BCUT2D eigenvalue weighted by Gasteiger charge is 2.14. The Bertz CT molecular complexity index is 1040. The molecule has 0 saturated heterocycles. The molecule has 6 heteroatoms. The largest absolute Gasteiger partial charge is 0.493 e. The maximum absolute atomic E-state index is 5.69. The number of hydrogen-bond acceptors (Lipinski definition) is 5. The molecule has 0 N–H and O–H groups in total. The Labute approximate surface area is 145 Å². The molecule has 0 fully saturated rings. The zero-order valence-electron chi connectivity index (χ0n) is 14.5. The van der Waals surface area contributed by atoms with E-state index in [0.29, 0.717) is 6.61 Å². The Kier molecular flexibility index (Phi) is 3.72. The number of benzene rings is 2. The van der Waals surface area contributed by atoms with Crippen LogP contribution in [-0.2, 0) is 0 Å². The van der Waals surface area contributed by atoms with Crippen LogP contribution in [0.1, 0.15) is 6.92 Å². The Balaban J connectivity index is 1.87. The van der Waals surface area contributed by atoms with Gasteiger partial charge in [0, 0.05) is 36.1 Å². The van der Waals surface area contributed by atoms with Crippen LogP contribution in [-0.4, -0.2) is 40.5 Å². The smallest absolute Gasteiger partial charge is 0.186 e. The third-order valence-electron chi connectivity index (χ3n) is 4.19. The molecule has 2 heterocycles. The van der Waals surface area contributed by atoms with Gasteiger partial charge in [0.1, 0.15) is 5.75 Å². The fourth-order valence-electron chi connectivity index (χ4n) is 2.91. The number of fused-ring (bicyclic) bond motifs is 3. The second-order valence-corrected chi connectivity index (χ2v) is 6.00. The predicted molar refractivity (Wildman–Crippen MR) is 99.2 cm³/mol. The Morgan fingerprint density at radius 2 is 1.80 bits per heavy atom. The molecule has 2 aromatic heterocycles. The van der Waals surface area contributed by atoms with E-state index in [2.05, 4.69) is 32.3 Å². The van der Waals surface area contributed by atoms with Gasteiger partial charge in [-0.1, -0.05) is 12.1 Å². The lowest BCUT2D eigenvalue weighted by Crippen LogP contribution is -2.08. The minimum atomic E-state index is 0.612. The van der Waals surface area contributed by atoms with Crippen molar-refractivity contribution in [2.24, 2.45) is 0 Å². The molecule has 0 bridgehead atoms. The summed E-state index contributed by atoms with van der Waals surface area (Å²) >= 11 is 0. The fraction of sp³-hybridized carbons (Fsp3) is 0.211. The first kappa shape index (κ1) is 15.4. The normalized spacial score (nSPS) is 11.2. The van der Waals surface area contributed by atoms with Gasteiger partial charge in [-0.15, -0.1) is 10.2 Å². The molecule has 0 aliphatic carbocycles. The van der Waals surface area contributed by atoms with Gasteiger partial charge in [-0.25, -0.2) is 0 Å². The van der Waals surface area contributed by atoms with Crippen molar-refractivity contribution in [1.29, 1.82) is 0 Å². The first-order valence-corrected chi connectivity index (χ1v) is 8.22. The van der Waals surface area contributed by atoms with Crippen LogP contribution >= 0.6 is 0 Å². The van der Waals surface area contributed by atoms with Gasteiger partial charge in [-0.3, -0.25) is 0 Å². The van der Waals surface area contributed by atoms with E-state index in [1.165, 1.54) is 0 Å². The molecule has 0 aliphatic heterocycles. The molecule has 0 radical (unpaired) electrons. The highest BCUT2D eigenvalue weighted by Crippen LogP contribution is 2.29. The highest BCUT2D eigenvalue weighted by atomic mass is 16.5. The van der Waals surface area contributed by atoms with Crippen LogP contribution in [0.5, 0.6) is 5.75 Å². The molecular weight excluding hydrogens is 314 g/mol. The second-order valence-electron chi connectivity index (χ2n) is 6.00. The number of hydrogen-bond donors (Lipinski definition) is 0. The number of ether oxygens (including phenoxy) is 1. The van der Waals surface area contributed by atoms with Crippen LogP contribution in [0.25, 0.3) is 27.8 Å². The van der Waals surface area contributed by atoms with Gasteiger partial charge in [0.25, 0.3) is 0 Å². The summed E-state index contributed by atoms with van der Waals surface area (Å²) in [7, 11) is 4.04. The fourth-order valence-corrected chi connectivity index (χ4v) is 2.91. The first-order chi connectivity index (χ1) is 12.2. The van der Waals surface area contributed by atoms with Crippen molar-refractivity contribution in [3.8, 4) is 17.1 Å². The Morgan fingerprint density at radius 1 is 1.00 bits per heavy atom. The van der Waals surface area contributed by atoms with E-state index < -0.39 is 0 Å². The molecule has 0 spiro atoms. The molecule has 0 unspecified atom stereocenters. The van der Waals surface area contributed by atoms with Gasteiger partial charge < -0.3 is 9.64 Å². The van der Waals surface area contributed by atoms with Crippen molar-refractivity contribution >= 4 is 22.1 Å². The molecule has 6 nitrogen and oxygen atoms in total. The second kappa shape index (κ2) is 6.05. The summed E-state index contributed by atoms with van der Waals surface area (Å²) in [6, 6.07) is 14.1. The summed E-state index contributed by atoms with van der Waals surface area (Å²) in [6.07, 6.45) is 1.81. The van der Waals surface area contributed by atoms with Crippen molar-refractivity contribution in [2.45, 2.75) is 6.92 Å². The van der Waals surface area contributed by atoms with Crippen molar-refractivity contribution in [3.63, 3.8) is 0 Å². The van der Waals surface area contributed by atoms with Crippen molar-refractivity contribution < 1.29 is 4.74 Å². The molecule has 0 amide bonds. The number of rotatable bonds is 4. The van der Waals surface area contributed by atoms with E-state index in [1.807, 2.05) is 57.5 Å². The lowest BCUT2D eigenvalue weighted by atomic mass is 10.1. The molecule has 0 saturated carbocycles. The molecule has 0 aliphatic rings. The van der Waals surface area contributed by atoms with Crippen LogP contribution < -0.4 is 9.64 Å². The zero-order chi connectivity index (χ0) is 17.4. The summed E-state index contributed by atoms with van der Waals surface area (Å²) in [4.78, 5) is 2.06. The van der Waals surface area contributed by atoms with Crippen LogP contribution in [0.2, 0.25) is 0 Å². The van der Waals surface area contributed by atoms with Crippen molar-refractivity contribution in [3.05, 3.63) is 48.7 Å².